The Morgan fingerprint density at radius 1 is 1.37 bits per heavy atom. The fourth-order valence-electron chi connectivity index (χ4n) is 2.32. The Bertz CT molecular complexity index is 728. The fourth-order valence-corrected chi connectivity index (χ4v) is 2.32. The molecule has 98 valence electrons. The fraction of sp³-hybridized carbons (Fsp3) is 0.357. The number of aromatic amines is 1. The molecule has 3 rings (SSSR count). The molecule has 0 amide bonds. The van der Waals surface area contributed by atoms with Crippen LogP contribution in [-0.2, 0) is 6.54 Å². The zero-order chi connectivity index (χ0) is 13.2. The molecule has 5 heteroatoms. The average Bonchev–Trinajstić information content (AvgIpc) is 2.77. The van der Waals surface area contributed by atoms with Crippen molar-refractivity contribution in [2.45, 2.75) is 32.7 Å². The lowest BCUT2D eigenvalue weighted by molar-refractivity contribution is 0.543. The first-order valence-electron chi connectivity index (χ1n) is 6.63. The van der Waals surface area contributed by atoms with Crippen molar-refractivity contribution >= 4 is 10.9 Å². The van der Waals surface area contributed by atoms with Gasteiger partial charge in [0.15, 0.2) is 0 Å². The number of hydrogen-bond donors (Lipinski definition) is 1. The second-order valence-corrected chi connectivity index (χ2v) is 4.71. The average molecular weight is 256 g/mol. The molecule has 0 aliphatic carbocycles. The summed E-state index contributed by atoms with van der Waals surface area (Å²) in [7, 11) is 0. The molecule has 1 aromatic heterocycles. The summed E-state index contributed by atoms with van der Waals surface area (Å²) >= 11 is 0. The molecule has 2 aliphatic heterocycles. The number of pyridine rings is 2. The van der Waals surface area contributed by atoms with Crippen LogP contribution < -0.4 is 5.56 Å². The van der Waals surface area contributed by atoms with Gasteiger partial charge >= 0.3 is 0 Å². The van der Waals surface area contributed by atoms with Gasteiger partial charge in [0.1, 0.15) is 5.69 Å². The summed E-state index contributed by atoms with van der Waals surface area (Å²) in [5.74, 6) is 0. The number of aromatic nitrogens is 4. The Morgan fingerprint density at radius 2 is 2.26 bits per heavy atom. The first kappa shape index (κ1) is 11.9. The molecule has 1 N–H and O–H groups in total. The van der Waals surface area contributed by atoms with Crippen LogP contribution in [0.2, 0.25) is 0 Å². The highest BCUT2D eigenvalue weighted by atomic mass is 16.1. The van der Waals surface area contributed by atoms with E-state index in [-0.39, 0.29) is 5.56 Å². The van der Waals surface area contributed by atoms with E-state index in [2.05, 4.69) is 22.0 Å². The number of fused-ring (bicyclic) bond motifs is 3. The van der Waals surface area contributed by atoms with Crippen LogP contribution in [-0.4, -0.2) is 19.7 Å². The van der Waals surface area contributed by atoms with E-state index in [1.165, 1.54) is 0 Å². The molecule has 0 radical (unpaired) electrons. The first-order valence-corrected chi connectivity index (χ1v) is 6.63. The van der Waals surface area contributed by atoms with E-state index in [0.29, 0.717) is 12.1 Å². The van der Waals surface area contributed by atoms with Gasteiger partial charge in [-0.2, -0.15) is 5.10 Å². The normalized spacial score (nSPS) is 11.4. The molecule has 0 saturated heterocycles. The molecule has 0 unspecified atom stereocenters. The summed E-state index contributed by atoms with van der Waals surface area (Å²) in [6.45, 7) is 2.83. The van der Waals surface area contributed by atoms with Crippen LogP contribution in [0.3, 0.4) is 0 Å². The number of rotatable bonds is 4. The third kappa shape index (κ3) is 2.01. The summed E-state index contributed by atoms with van der Waals surface area (Å²) < 4.78 is 1.58. The first-order chi connectivity index (χ1) is 9.31. The third-order valence-electron chi connectivity index (χ3n) is 3.36. The van der Waals surface area contributed by atoms with Gasteiger partial charge in [0.05, 0.1) is 17.3 Å². The Labute approximate surface area is 110 Å². The molecule has 0 spiro atoms. The minimum Gasteiger partial charge on any atom is -0.359 e. The van der Waals surface area contributed by atoms with Crippen molar-refractivity contribution in [1.82, 2.24) is 19.7 Å². The standard InChI is InChI=1S/C14H16N4O/c1-2-3-4-7-18-14(19)11-8-16-12-9-15-6-5-10(12)13(11)17-18/h5-6,8-9,16H,2-4,7H2,1H3. The maximum absolute atomic E-state index is 12.2. The van der Waals surface area contributed by atoms with E-state index in [0.717, 1.165) is 35.9 Å². The zero-order valence-corrected chi connectivity index (χ0v) is 10.9. The van der Waals surface area contributed by atoms with E-state index >= 15 is 0 Å². The molecule has 3 heterocycles. The molecule has 5 nitrogen and oxygen atoms in total. The number of H-pyrrole nitrogens is 1. The molecular formula is C14H16N4O. The van der Waals surface area contributed by atoms with Gasteiger partial charge in [-0.1, -0.05) is 19.8 Å². The molecular weight excluding hydrogens is 240 g/mol. The van der Waals surface area contributed by atoms with E-state index in [9.17, 15) is 4.79 Å². The Hall–Kier alpha value is -2.17. The minimum atomic E-state index is -0.0129. The van der Waals surface area contributed by atoms with Crippen LogP contribution in [0.25, 0.3) is 22.2 Å². The van der Waals surface area contributed by atoms with Gasteiger partial charge in [0.25, 0.3) is 5.56 Å². The van der Waals surface area contributed by atoms with Gasteiger partial charge in [-0.25, -0.2) is 4.68 Å². The van der Waals surface area contributed by atoms with Crippen molar-refractivity contribution in [1.29, 1.82) is 0 Å². The molecule has 1 aromatic rings. The Kier molecular flexibility index (Phi) is 3.03. The van der Waals surface area contributed by atoms with Crippen LogP contribution in [0, 0.1) is 0 Å². The second-order valence-electron chi connectivity index (χ2n) is 4.71. The van der Waals surface area contributed by atoms with E-state index in [1.54, 1.807) is 23.3 Å². The summed E-state index contributed by atoms with van der Waals surface area (Å²) in [6.07, 6.45) is 8.43. The van der Waals surface area contributed by atoms with Gasteiger partial charge in [-0.05, 0) is 12.5 Å². The van der Waals surface area contributed by atoms with Gasteiger partial charge in [-0.3, -0.25) is 9.78 Å². The molecule has 0 aromatic carbocycles. The van der Waals surface area contributed by atoms with E-state index < -0.39 is 0 Å². The molecule has 0 saturated carbocycles. The molecule has 0 bridgehead atoms. The van der Waals surface area contributed by atoms with Crippen molar-refractivity contribution in [2.24, 2.45) is 0 Å². The van der Waals surface area contributed by atoms with Crippen LogP contribution in [0.4, 0.5) is 0 Å². The lowest BCUT2D eigenvalue weighted by atomic mass is 10.1. The highest BCUT2D eigenvalue weighted by molar-refractivity contribution is 5.92. The molecule has 2 aliphatic rings. The van der Waals surface area contributed by atoms with Gasteiger partial charge in [0, 0.05) is 24.3 Å². The second kappa shape index (κ2) is 4.84. The van der Waals surface area contributed by atoms with Gasteiger partial charge in [0.2, 0.25) is 0 Å². The highest BCUT2D eigenvalue weighted by Crippen LogP contribution is 2.24. The monoisotopic (exact) mass is 256 g/mol. The molecule has 19 heavy (non-hydrogen) atoms. The van der Waals surface area contributed by atoms with Crippen LogP contribution >= 0.6 is 0 Å². The number of nitrogens with one attached hydrogen (secondary N) is 1. The number of nitrogens with zero attached hydrogens (tertiary/aromatic N) is 3. The number of aryl methyl sites for hydroxylation is 1. The zero-order valence-electron chi connectivity index (χ0n) is 10.9. The van der Waals surface area contributed by atoms with E-state index in [1.807, 2.05) is 6.07 Å². The maximum atomic E-state index is 12.2. The largest absolute Gasteiger partial charge is 0.359 e. The minimum absolute atomic E-state index is 0.0129. The lowest BCUT2D eigenvalue weighted by Gasteiger charge is -2.00. The van der Waals surface area contributed by atoms with Crippen LogP contribution in [0.5, 0.6) is 0 Å². The maximum Gasteiger partial charge on any atom is 0.277 e. The van der Waals surface area contributed by atoms with Gasteiger partial charge < -0.3 is 4.98 Å². The molecule has 0 atom stereocenters. The van der Waals surface area contributed by atoms with Crippen LogP contribution in [0.15, 0.2) is 29.5 Å². The summed E-state index contributed by atoms with van der Waals surface area (Å²) in [4.78, 5) is 19.4. The topological polar surface area (TPSA) is 63.6 Å². The summed E-state index contributed by atoms with van der Waals surface area (Å²) in [5, 5.41) is 5.41. The Morgan fingerprint density at radius 3 is 3.11 bits per heavy atom. The summed E-state index contributed by atoms with van der Waals surface area (Å²) in [5.41, 5.74) is 2.29. The van der Waals surface area contributed by atoms with Gasteiger partial charge in [-0.15, -0.1) is 0 Å². The molecule has 0 fully saturated rings. The van der Waals surface area contributed by atoms with Crippen molar-refractivity contribution in [2.75, 3.05) is 0 Å². The predicted molar refractivity (Wildman–Crippen MR) is 74.3 cm³/mol. The van der Waals surface area contributed by atoms with Crippen LogP contribution in [0.1, 0.15) is 26.2 Å². The van der Waals surface area contributed by atoms with Crippen molar-refractivity contribution < 1.29 is 0 Å². The third-order valence-corrected chi connectivity index (χ3v) is 3.36. The number of hydrogen-bond acceptors (Lipinski definition) is 3. The number of unbranched alkanes of at least 4 members (excludes halogenated alkanes) is 2. The van der Waals surface area contributed by atoms with Crippen molar-refractivity contribution in [3.05, 3.63) is 35.0 Å². The SMILES string of the molecule is CCCCCn1nc2c3ccncc3[nH]cc-2c1=O. The predicted octanol–water partition coefficient (Wildman–Crippen LogP) is 2.41. The smallest absolute Gasteiger partial charge is 0.277 e. The quantitative estimate of drug-likeness (QED) is 0.729. The highest BCUT2D eigenvalue weighted by Gasteiger charge is 2.17. The van der Waals surface area contributed by atoms with E-state index in [4.69, 9.17) is 0 Å². The van der Waals surface area contributed by atoms with Crippen molar-refractivity contribution in [3.63, 3.8) is 0 Å². The lowest BCUT2D eigenvalue weighted by Crippen LogP contribution is -2.16. The van der Waals surface area contributed by atoms with Crippen molar-refractivity contribution in [3.8, 4) is 11.3 Å². The Balaban J connectivity index is 2.11. The summed E-state index contributed by atoms with van der Waals surface area (Å²) in [6, 6.07) is 1.89.